The van der Waals surface area contributed by atoms with Crippen molar-refractivity contribution in [2.24, 2.45) is 0 Å². The Morgan fingerprint density at radius 1 is 1.03 bits per heavy atom. The fraction of sp³-hybridized carbons (Fsp3) is 0.250. The van der Waals surface area contributed by atoms with Crippen molar-refractivity contribution in [1.82, 2.24) is 4.90 Å². The van der Waals surface area contributed by atoms with Gasteiger partial charge in [-0.05, 0) is 60.9 Å². The summed E-state index contributed by atoms with van der Waals surface area (Å²) in [6, 6.07) is 19.5. The van der Waals surface area contributed by atoms with Crippen molar-refractivity contribution in [2.75, 3.05) is 24.2 Å². The minimum Gasteiger partial charge on any atom is -0.457 e. The highest BCUT2D eigenvalue weighted by Crippen LogP contribution is 2.31. The normalized spacial score (nSPS) is 16.7. The molecule has 0 radical (unpaired) electrons. The Morgan fingerprint density at radius 2 is 1.84 bits per heavy atom. The van der Waals surface area contributed by atoms with Crippen molar-refractivity contribution in [3.05, 3.63) is 88.4 Å². The lowest BCUT2D eigenvalue weighted by atomic mass is 10.1. The molecule has 0 aliphatic carbocycles. The maximum Gasteiger partial charge on any atom is 0.261 e. The Balaban J connectivity index is 1.18. The van der Waals surface area contributed by atoms with Gasteiger partial charge >= 0.3 is 0 Å². The molecule has 0 aromatic heterocycles. The number of rotatable bonds is 9. The molecule has 2 aliphatic rings. The molecule has 1 atom stereocenters. The monoisotopic (exact) mass is 536 g/mol. The van der Waals surface area contributed by atoms with E-state index in [1.54, 1.807) is 42.5 Å². The van der Waals surface area contributed by atoms with Crippen LogP contribution >= 0.6 is 23.4 Å². The molecule has 5 rings (SSSR count). The van der Waals surface area contributed by atoms with Crippen molar-refractivity contribution in [1.29, 1.82) is 0 Å². The van der Waals surface area contributed by atoms with E-state index in [2.05, 4.69) is 5.32 Å². The van der Waals surface area contributed by atoms with Gasteiger partial charge in [0.05, 0.1) is 29.5 Å². The zero-order chi connectivity index (χ0) is 25.8. The summed E-state index contributed by atoms with van der Waals surface area (Å²) in [6.45, 7) is 0.925. The Hall–Kier alpha value is -3.33. The van der Waals surface area contributed by atoms with E-state index in [-0.39, 0.29) is 30.4 Å². The molecule has 0 bridgehead atoms. The first-order chi connectivity index (χ1) is 18.0. The first-order valence-corrected chi connectivity index (χ1v) is 13.5. The number of carbonyl (C=O) groups is 3. The molecule has 3 aromatic rings. The van der Waals surface area contributed by atoms with E-state index in [0.29, 0.717) is 51.4 Å². The highest BCUT2D eigenvalue weighted by atomic mass is 35.5. The number of carbonyl (C=O) groups excluding carboxylic acids is 3. The fourth-order valence-electron chi connectivity index (χ4n) is 4.35. The van der Waals surface area contributed by atoms with Crippen LogP contribution in [0.25, 0.3) is 0 Å². The molecule has 7 nitrogen and oxygen atoms in total. The number of benzene rings is 3. The predicted octanol–water partition coefficient (Wildman–Crippen LogP) is 5.78. The fourth-order valence-corrected chi connectivity index (χ4v) is 5.34. The van der Waals surface area contributed by atoms with Crippen LogP contribution in [0, 0.1) is 0 Å². The van der Waals surface area contributed by atoms with E-state index in [1.165, 1.54) is 16.7 Å². The second-order valence-corrected chi connectivity index (χ2v) is 10.3. The lowest BCUT2D eigenvalue weighted by molar-refractivity contribution is -0.113. The van der Waals surface area contributed by atoms with Crippen LogP contribution in [0.15, 0.2) is 66.7 Å². The molecule has 0 spiro atoms. The number of thioether (sulfide) groups is 1. The van der Waals surface area contributed by atoms with Crippen molar-refractivity contribution < 1.29 is 23.9 Å². The van der Waals surface area contributed by atoms with Crippen molar-refractivity contribution in [3.63, 3.8) is 0 Å². The van der Waals surface area contributed by atoms with Gasteiger partial charge in [0.2, 0.25) is 5.91 Å². The number of nitrogens with zero attached hydrogens (tertiary/aromatic N) is 1. The van der Waals surface area contributed by atoms with Gasteiger partial charge in [0, 0.05) is 29.1 Å². The maximum absolute atomic E-state index is 12.9. The molecule has 190 valence electrons. The van der Waals surface area contributed by atoms with Crippen LogP contribution in [-0.4, -0.2) is 47.6 Å². The van der Waals surface area contributed by atoms with Crippen molar-refractivity contribution in [3.8, 4) is 11.5 Å². The number of ether oxygens (including phenoxy) is 2. The molecular formula is C28H25ClN2O5S. The highest BCUT2D eigenvalue weighted by molar-refractivity contribution is 7.99. The van der Waals surface area contributed by atoms with Gasteiger partial charge in [-0.15, -0.1) is 11.8 Å². The van der Waals surface area contributed by atoms with Gasteiger partial charge in [-0.1, -0.05) is 29.8 Å². The molecule has 1 N–H and O–H groups in total. The third kappa shape index (κ3) is 6.15. The van der Waals surface area contributed by atoms with Gasteiger partial charge in [0.1, 0.15) is 11.5 Å². The third-order valence-corrected chi connectivity index (χ3v) is 7.34. The number of imide groups is 1. The minimum absolute atomic E-state index is 0.105. The summed E-state index contributed by atoms with van der Waals surface area (Å²) >= 11 is 7.50. The molecule has 1 fully saturated rings. The second kappa shape index (κ2) is 11.4. The number of halogens is 1. The molecule has 1 unspecified atom stereocenters. The summed E-state index contributed by atoms with van der Waals surface area (Å²) in [5, 5.41) is 3.55. The third-order valence-electron chi connectivity index (χ3n) is 6.10. The molecule has 9 heteroatoms. The van der Waals surface area contributed by atoms with E-state index < -0.39 is 0 Å². The SMILES string of the molecule is O=C(CSCc1cccc(Cl)c1)Nc1cccc(Oc2ccc3c(c2)C(=O)N(CC2CCCO2)C3=O)c1. The Bertz CT molecular complexity index is 1340. The number of hydrogen-bond acceptors (Lipinski definition) is 6. The molecule has 2 heterocycles. The van der Waals surface area contributed by atoms with Crippen LogP contribution in [0.5, 0.6) is 11.5 Å². The summed E-state index contributed by atoms with van der Waals surface area (Å²) < 4.78 is 11.5. The Labute approximate surface area is 224 Å². The van der Waals surface area contributed by atoms with Gasteiger partial charge in [-0.2, -0.15) is 0 Å². The van der Waals surface area contributed by atoms with Gasteiger partial charge in [0.25, 0.3) is 11.8 Å². The van der Waals surface area contributed by atoms with Crippen molar-refractivity contribution >= 4 is 46.8 Å². The van der Waals surface area contributed by atoms with Crippen LogP contribution < -0.4 is 10.1 Å². The molecule has 0 saturated carbocycles. The van der Waals surface area contributed by atoms with Crippen LogP contribution in [0.1, 0.15) is 39.1 Å². The molecule has 3 aromatic carbocycles. The van der Waals surface area contributed by atoms with E-state index >= 15 is 0 Å². The summed E-state index contributed by atoms with van der Waals surface area (Å²) in [5.41, 5.74) is 2.35. The van der Waals surface area contributed by atoms with E-state index in [1.807, 2.05) is 24.3 Å². The van der Waals surface area contributed by atoms with Crippen molar-refractivity contribution in [2.45, 2.75) is 24.7 Å². The summed E-state index contributed by atoms with van der Waals surface area (Å²) in [6.07, 6.45) is 1.67. The first-order valence-electron chi connectivity index (χ1n) is 12.0. The second-order valence-electron chi connectivity index (χ2n) is 8.86. The first kappa shape index (κ1) is 25.3. The molecule has 3 amide bonds. The van der Waals surface area contributed by atoms with Gasteiger partial charge < -0.3 is 14.8 Å². The van der Waals surface area contributed by atoms with Crippen LogP contribution in [0.2, 0.25) is 5.02 Å². The molecule has 1 saturated heterocycles. The lowest BCUT2D eigenvalue weighted by Gasteiger charge is -2.17. The number of nitrogens with one attached hydrogen (secondary N) is 1. The molecule has 2 aliphatic heterocycles. The topological polar surface area (TPSA) is 84.9 Å². The highest BCUT2D eigenvalue weighted by Gasteiger charge is 2.37. The van der Waals surface area contributed by atoms with E-state index in [0.717, 1.165) is 18.4 Å². The van der Waals surface area contributed by atoms with Crippen LogP contribution in [-0.2, 0) is 15.3 Å². The summed E-state index contributed by atoms with van der Waals surface area (Å²) in [7, 11) is 0. The zero-order valence-electron chi connectivity index (χ0n) is 19.9. The van der Waals surface area contributed by atoms with Gasteiger partial charge in [0.15, 0.2) is 0 Å². The standard InChI is InChI=1S/C28H25ClN2O5S/c29-19-5-1-4-18(12-19)16-37-17-26(32)30-20-6-2-7-21(13-20)36-22-9-10-24-25(14-22)28(34)31(27(24)33)15-23-8-3-11-35-23/h1-2,4-7,9-10,12-14,23H,3,8,11,15-17H2,(H,30,32). The maximum atomic E-state index is 12.9. The largest absolute Gasteiger partial charge is 0.457 e. The smallest absolute Gasteiger partial charge is 0.261 e. The quantitative estimate of drug-likeness (QED) is 0.349. The number of anilines is 1. The number of amides is 3. The Kier molecular flexibility index (Phi) is 7.79. The lowest BCUT2D eigenvalue weighted by Crippen LogP contribution is -2.36. The van der Waals surface area contributed by atoms with Gasteiger partial charge in [-0.3, -0.25) is 19.3 Å². The van der Waals surface area contributed by atoms with Crippen LogP contribution in [0.4, 0.5) is 5.69 Å². The summed E-state index contributed by atoms with van der Waals surface area (Å²) in [5.74, 6) is 1.13. The van der Waals surface area contributed by atoms with Gasteiger partial charge in [-0.25, -0.2) is 0 Å². The average molecular weight is 537 g/mol. The van der Waals surface area contributed by atoms with E-state index in [4.69, 9.17) is 21.1 Å². The summed E-state index contributed by atoms with van der Waals surface area (Å²) in [4.78, 5) is 39.3. The average Bonchev–Trinajstić information content (AvgIpc) is 3.47. The van der Waals surface area contributed by atoms with E-state index in [9.17, 15) is 14.4 Å². The Morgan fingerprint density at radius 3 is 2.65 bits per heavy atom. The van der Waals surface area contributed by atoms with Crippen LogP contribution in [0.3, 0.4) is 0 Å². The molecular weight excluding hydrogens is 512 g/mol. The number of hydrogen-bond donors (Lipinski definition) is 1. The predicted molar refractivity (Wildman–Crippen MR) is 144 cm³/mol. The number of fused-ring (bicyclic) bond motifs is 1. The minimum atomic E-state index is -0.336. The zero-order valence-corrected chi connectivity index (χ0v) is 21.5. The molecule has 37 heavy (non-hydrogen) atoms.